The smallest absolute Gasteiger partial charge is 0.337 e. The summed E-state index contributed by atoms with van der Waals surface area (Å²) in [7, 11) is 1.37. The summed E-state index contributed by atoms with van der Waals surface area (Å²) < 4.78 is 25.3. The molecule has 2 bridgehead atoms. The van der Waals surface area contributed by atoms with E-state index in [1.54, 1.807) is 24.3 Å². The second-order valence-corrected chi connectivity index (χ2v) is 9.59. The lowest BCUT2D eigenvalue weighted by Crippen LogP contribution is -2.40. The summed E-state index contributed by atoms with van der Waals surface area (Å²) in [5.41, 5.74) is 4.48. The highest BCUT2D eigenvalue weighted by Crippen LogP contribution is 2.67. The molecule has 0 saturated heterocycles. The van der Waals surface area contributed by atoms with E-state index in [1.807, 2.05) is 24.3 Å². The first-order valence-corrected chi connectivity index (χ1v) is 11.3. The highest BCUT2D eigenvalue weighted by molar-refractivity contribution is 5.89. The first-order chi connectivity index (χ1) is 15.9. The van der Waals surface area contributed by atoms with Gasteiger partial charge in [-0.05, 0) is 65.6 Å². The number of rotatable bonds is 6. The zero-order chi connectivity index (χ0) is 23.2. The standard InChI is InChI=1S/C27H27FN2O3/c1-26(2)21-12-13-27(26,16-33-15-17-8-10-18(11-9-17)25(31)32-3)24-20(21)14-23(29-30-24)19-6-4-5-7-22(19)28/h4-11,14,21H,12-13,15-16H2,1-3H3/t21-,27-/m1/s1. The molecule has 0 N–H and O–H groups in total. The van der Waals surface area contributed by atoms with Gasteiger partial charge in [-0.15, -0.1) is 0 Å². The summed E-state index contributed by atoms with van der Waals surface area (Å²) in [6.07, 6.45) is 2.05. The lowest BCUT2D eigenvalue weighted by Gasteiger charge is -2.37. The Morgan fingerprint density at radius 2 is 1.88 bits per heavy atom. The molecule has 0 amide bonds. The van der Waals surface area contributed by atoms with Crippen molar-refractivity contribution in [1.29, 1.82) is 0 Å². The van der Waals surface area contributed by atoms with Crippen LogP contribution in [0.4, 0.5) is 4.39 Å². The molecule has 6 heteroatoms. The Morgan fingerprint density at radius 3 is 2.61 bits per heavy atom. The van der Waals surface area contributed by atoms with Gasteiger partial charge in [0.15, 0.2) is 0 Å². The quantitative estimate of drug-likeness (QED) is 0.472. The number of hydrogen-bond acceptors (Lipinski definition) is 5. The Hall–Kier alpha value is -3.12. The zero-order valence-electron chi connectivity index (χ0n) is 19.1. The van der Waals surface area contributed by atoms with E-state index in [1.165, 1.54) is 18.7 Å². The van der Waals surface area contributed by atoms with Crippen LogP contribution in [0, 0.1) is 11.2 Å². The molecule has 1 fully saturated rings. The summed E-state index contributed by atoms with van der Waals surface area (Å²) >= 11 is 0. The third kappa shape index (κ3) is 3.35. The summed E-state index contributed by atoms with van der Waals surface area (Å²) in [5.74, 6) is -0.294. The molecule has 5 rings (SSSR count). The minimum absolute atomic E-state index is 0.0351. The first-order valence-electron chi connectivity index (χ1n) is 11.3. The fourth-order valence-electron chi connectivity index (χ4n) is 5.74. The molecule has 1 aromatic heterocycles. The number of halogens is 1. The summed E-state index contributed by atoms with van der Waals surface area (Å²) in [6.45, 7) is 5.54. The summed E-state index contributed by atoms with van der Waals surface area (Å²) in [6, 6.07) is 16.0. The van der Waals surface area contributed by atoms with E-state index in [4.69, 9.17) is 9.47 Å². The van der Waals surface area contributed by atoms with Gasteiger partial charge in [-0.3, -0.25) is 0 Å². The van der Waals surface area contributed by atoms with Gasteiger partial charge in [-0.25, -0.2) is 9.18 Å². The van der Waals surface area contributed by atoms with Crippen molar-refractivity contribution < 1.29 is 18.7 Å². The average molecular weight is 447 g/mol. The van der Waals surface area contributed by atoms with Gasteiger partial charge in [0, 0.05) is 11.0 Å². The molecular weight excluding hydrogens is 419 g/mol. The topological polar surface area (TPSA) is 61.3 Å². The van der Waals surface area contributed by atoms with Gasteiger partial charge in [0.2, 0.25) is 0 Å². The van der Waals surface area contributed by atoms with Crippen LogP contribution in [0.25, 0.3) is 11.3 Å². The van der Waals surface area contributed by atoms with Crippen molar-refractivity contribution in [2.75, 3.05) is 13.7 Å². The van der Waals surface area contributed by atoms with Gasteiger partial charge in [-0.1, -0.05) is 38.1 Å². The SMILES string of the molecule is COC(=O)c1ccc(COC[C@]23CC[C@H](c4cc(-c5ccccc5F)nnc42)C3(C)C)cc1. The number of esters is 1. The highest BCUT2D eigenvalue weighted by Gasteiger charge is 2.63. The van der Waals surface area contributed by atoms with Crippen molar-refractivity contribution in [2.24, 2.45) is 5.41 Å². The van der Waals surface area contributed by atoms with Crippen LogP contribution in [0.3, 0.4) is 0 Å². The Labute approximate surface area is 193 Å². The largest absolute Gasteiger partial charge is 0.465 e. The van der Waals surface area contributed by atoms with Crippen LogP contribution >= 0.6 is 0 Å². The first kappa shape index (κ1) is 21.7. The predicted octanol–water partition coefficient (Wildman–Crippen LogP) is 5.44. The number of aromatic nitrogens is 2. The molecule has 5 nitrogen and oxygen atoms in total. The van der Waals surface area contributed by atoms with Crippen LogP contribution in [-0.2, 0) is 21.5 Å². The molecule has 0 aliphatic heterocycles. The summed E-state index contributed by atoms with van der Waals surface area (Å²) in [5, 5.41) is 9.07. The van der Waals surface area contributed by atoms with Gasteiger partial charge in [0.25, 0.3) is 0 Å². The van der Waals surface area contributed by atoms with Gasteiger partial charge >= 0.3 is 5.97 Å². The molecular formula is C27H27FN2O3. The number of carbonyl (C=O) groups is 1. The molecule has 0 unspecified atom stereocenters. The number of benzene rings is 2. The van der Waals surface area contributed by atoms with Crippen molar-refractivity contribution in [3.8, 4) is 11.3 Å². The van der Waals surface area contributed by atoms with E-state index in [-0.39, 0.29) is 22.6 Å². The molecule has 0 spiro atoms. The summed E-state index contributed by atoms with van der Waals surface area (Å²) in [4.78, 5) is 11.6. The molecule has 1 heterocycles. The second kappa shape index (κ2) is 8.03. The number of fused-ring (bicyclic) bond motifs is 5. The van der Waals surface area contributed by atoms with E-state index in [0.29, 0.717) is 36.0 Å². The molecule has 2 aliphatic rings. The minimum Gasteiger partial charge on any atom is -0.465 e. The van der Waals surface area contributed by atoms with Crippen LogP contribution < -0.4 is 0 Å². The van der Waals surface area contributed by atoms with Crippen molar-refractivity contribution in [3.63, 3.8) is 0 Å². The number of carbonyl (C=O) groups excluding carboxylic acids is 1. The Kier molecular flexibility index (Phi) is 5.28. The van der Waals surface area contributed by atoms with Crippen LogP contribution in [0.1, 0.15) is 59.8 Å². The van der Waals surface area contributed by atoms with Crippen molar-refractivity contribution in [1.82, 2.24) is 10.2 Å². The van der Waals surface area contributed by atoms with Crippen LogP contribution in [-0.4, -0.2) is 29.9 Å². The second-order valence-electron chi connectivity index (χ2n) is 9.59. The van der Waals surface area contributed by atoms with Crippen LogP contribution in [0.5, 0.6) is 0 Å². The predicted molar refractivity (Wildman–Crippen MR) is 122 cm³/mol. The number of nitrogens with zero attached hydrogens (tertiary/aromatic N) is 2. The van der Waals surface area contributed by atoms with Crippen LogP contribution in [0.15, 0.2) is 54.6 Å². The number of hydrogen-bond donors (Lipinski definition) is 0. The maximum absolute atomic E-state index is 14.3. The monoisotopic (exact) mass is 446 g/mol. The van der Waals surface area contributed by atoms with E-state index < -0.39 is 0 Å². The van der Waals surface area contributed by atoms with E-state index >= 15 is 0 Å². The van der Waals surface area contributed by atoms with Gasteiger partial charge in [0.1, 0.15) is 5.82 Å². The lowest BCUT2D eigenvalue weighted by molar-refractivity contribution is 0.0309. The van der Waals surface area contributed by atoms with Gasteiger partial charge < -0.3 is 9.47 Å². The molecule has 1 saturated carbocycles. The minimum atomic E-state index is -0.351. The normalized spacial score (nSPS) is 22.2. The van der Waals surface area contributed by atoms with Crippen LogP contribution in [0.2, 0.25) is 0 Å². The lowest BCUT2D eigenvalue weighted by atomic mass is 9.69. The van der Waals surface area contributed by atoms with Crippen molar-refractivity contribution in [3.05, 3.63) is 82.8 Å². The maximum Gasteiger partial charge on any atom is 0.337 e. The average Bonchev–Trinajstić information content (AvgIpc) is 3.19. The van der Waals surface area contributed by atoms with E-state index in [9.17, 15) is 9.18 Å². The van der Waals surface area contributed by atoms with Crippen molar-refractivity contribution >= 4 is 5.97 Å². The third-order valence-electron chi connectivity index (χ3n) is 7.76. The van der Waals surface area contributed by atoms with E-state index in [2.05, 4.69) is 24.0 Å². The van der Waals surface area contributed by atoms with E-state index in [0.717, 1.165) is 24.1 Å². The van der Waals surface area contributed by atoms with Gasteiger partial charge in [-0.2, -0.15) is 10.2 Å². The molecule has 0 radical (unpaired) electrons. The zero-order valence-corrected chi connectivity index (χ0v) is 19.1. The Balaban J connectivity index is 1.38. The highest BCUT2D eigenvalue weighted by atomic mass is 19.1. The molecule has 2 aromatic carbocycles. The molecule has 2 aliphatic carbocycles. The molecule has 3 aromatic rings. The fraction of sp³-hybridized carbons (Fsp3) is 0.370. The van der Waals surface area contributed by atoms with Gasteiger partial charge in [0.05, 0.1) is 37.3 Å². The Bertz CT molecular complexity index is 1210. The third-order valence-corrected chi connectivity index (χ3v) is 7.76. The molecule has 170 valence electrons. The number of ether oxygens (including phenoxy) is 2. The number of methoxy groups -OCH3 is 1. The molecule has 33 heavy (non-hydrogen) atoms. The molecule has 2 atom stereocenters. The maximum atomic E-state index is 14.3. The fourth-order valence-corrected chi connectivity index (χ4v) is 5.74. The van der Waals surface area contributed by atoms with Crippen molar-refractivity contribution in [2.45, 2.75) is 44.6 Å². The Morgan fingerprint density at radius 1 is 1.12 bits per heavy atom.